The number of hydrogen-bond acceptors (Lipinski definition) is 5. The molecule has 8 nitrogen and oxygen atoms in total. The first-order chi connectivity index (χ1) is 14.1. The normalized spacial score (nSPS) is 21.0. The van der Waals surface area contributed by atoms with E-state index < -0.39 is 10.0 Å². The molecule has 1 N–H and O–H groups in total. The highest BCUT2D eigenvalue weighted by Gasteiger charge is 2.29. The van der Waals surface area contributed by atoms with Crippen molar-refractivity contribution in [1.82, 2.24) is 19.7 Å². The van der Waals surface area contributed by atoms with E-state index in [4.69, 9.17) is 9.52 Å². The van der Waals surface area contributed by atoms with E-state index in [9.17, 15) is 8.42 Å². The first kappa shape index (κ1) is 22.1. The van der Waals surface area contributed by atoms with Gasteiger partial charge in [0, 0.05) is 45.3 Å². The summed E-state index contributed by atoms with van der Waals surface area (Å²) in [5.74, 6) is 1.48. The quantitative estimate of drug-likeness (QED) is 0.556. The summed E-state index contributed by atoms with van der Waals surface area (Å²) in [7, 11) is -3.38. The summed E-state index contributed by atoms with van der Waals surface area (Å²) in [6.45, 7) is 5.98. The fourth-order valence-electron chi connectivity index (χ4n) is 4.13. The first-order valence-electron chi connectivity index (χ1n) is 11.0. The maximum atomic E-state index is 12.6. The molecule has 0 aromatic carbocycles. The van der Waals surface area contributed by atoms with Crippen molar-refractivity contribution in [3.63, 3.8) is 0 Å². The average molecular weight is 426 g/mol. The van der Waals surface area contributed by atoms with Crippen LogP contribution in [0, 0.1) is 5.92 Å². The van der Waals surface area contributed by atoms with Gasteiger partial charge in [-0.3, -0.25) is 4.99 Å². The summed E-state index contributed by atoms with van der Waals surface area (Å²) in [5, 5.41) is 7.12. The van der Waals surface area contributed by atoms with Crippen molar-refractivity contribution < 1.29 is 12.9 Å². The lowest BCUT2D eigenvalue weighted by molar-refractivity contribution is 0.259. The molecule has 3 rings (SSSR count). The number of aromatic nitrogens is 1. The fraction of sp³-hybridized carbons (Fsp3) is 0.800. The van der Waals surface area contributed by atoms with Crippen LogP contribution < -0.4 is 5.32 Å². The van der Waals surface area contributed by atoms with Crippen LogP contribution in [0.3, 0.4) is 0 Å². The van der Waals surface area contributed by atoms with Crippen LogP contribution in [0.4, 0.5) is 0 Å². The molecule has 9 heteroatoms. The monoisotopic (exact) mass is 425 g/mol. The standard InChI is InChI=1S/C20H35N5O3S/c1-2-21-20(22-16-18-8-6-4-3-5-7-9-18)24-11-13-25(14-12-24)29(26,27)17-19-10-15-28-23-19/h10,15,18H,2-9,11-14,16-17H2,1H3,(H,21,22). The van der Waals surface area contributed by atoms with Crippen LogP contribution >= 0.6 is 0 Å². The zero-order chi connectivity index (χ0) is 20.5. The Morgan fingerprint density at radius 1 is 1.17 bits per heavy atom. The van der Waals surface area contributed by atoms with Gasteiger partial charge >= 0.3 is 0 Å². The topological polar surface area (TPSA) is 91.0 Å². The third-order valence-electron chi connectivity index (χ3n) is 5.81. The number of guanidine groups is 1. The summed E-state index contributed by atoms with van der Waals surface area (Å²) in [6.07, 6.45) is 10.7. The van der Waals surface area contributed by atoms with E-state index in [-0.39, 0.29) is 5.75 Å². The number of rotatable bonds is 6. The Bertz CT molecular complexity index is 719. The second kappa shape index (κ2) is 11.0. The molecule has 1 aromatic rings. The molecule has 1 aliphatic heterocycles. The van der Waals surface area contributed by atoms with Crippen LogP contribution in [-0.4, -0.2) is 68.0 Å². The van der Waals surface area contributed by atoms with Crippen LogP contribution in [0.15, 0.2) is 21.8 Å². The predicted molar refractivity (Wildman–Crippen MR) is 114 cm³/mol. The van der Waals surface area contributed by atoms with Crippen molar-refractivity contribution in [3.05, 3.63) is 18.0 Å². The number of sulfonamides is 1. The molecule has 0 unspecified atom stereocenters. The van der Waals surface area contributed by atoms with E-state index in [0.717, 1.165) is 19.0 Å². The van der Waals surface area contributed by atoms with Gasteiger partial charge < -0.3 is 14.7 Å². The molecule has 0 bridgehead atoms. The van der Waals surface area contributed by atoms with E-state index in [1.165, 1.54) is 51.2 Å². The zero-order valence-electron chi connectivity index (χ0n) is 17.6. The van der Waals surface area contributed by atoms with Crippen LogP contribution in [0.2, 0.25) is 0 Å². The number of nitrogens with one attached hydrogen (secondary N) is 1. The van der Waals surface area contributed by atoms with Gasteiger partial charge in [0.25, 0.3) is 0 Å². The molecule has 1 aromatic heterocycles. The molecule has 2 aliphatic rings. The lowest BCUT2D eigenvalue weighted by atomic mass is 9.91. The van der Waals surface area contributed by atoms with E-state index in [1.54, 1.807) is 10.4 Å². The van der Waals surface area contributed by atoms with Gasteiger partial charge in [0.1, 0.15) is 12.0 Å². The van der Waals surface area contributed by atoms with Gasteiger partial charge in [-0.1, -0.05) is 37.3 Å². The Labute approximate surface area is 174 Å². The number of aliphatic imine (C=N–C) groups is 1. The lowest BCUT2D eigenvalue weighted by Gasteiger charge is -2.36. The van der Waals surface area contributed by atoms with Crippen molar-refractivity contribution in [2.45, 2.75) is 57.6 Å². The maximum absolute atomic E-state index is 12.6. The van der Waals surface area contributed by atoms with Crippen LogP contribution in [0.1, 0.15) is 57.6 Å². The SMILES string of the molecule is CCNC(=NCC1CCCCCCC1)N1CCN(S(=O)(=O)Cc2ccon2)CC1. The van der Waals surface area contributed by atoms with Crippen molar-refractivity contribution >= 4 is 16.0 Å². The summed E-state index contributed by atoms with van der Waals surface area (Å²) < 4.78 is 31.6. The van der Waals surface area contributed by atoms with Crippen molar-refractivity contribution in [2.24, 2.45) is 10.9 Å². The zero-order valence-corrected chi connectivity index (χ0v) is 18.4. The van der Waals surface area contributed by atoms with Gasteiger partial charge in [0.2, 0.25) is 10.0 Å². The highest BCUT2D eigenvalue weighted by Crippen LogP contribution is 2.22. The molecule has 0 spiro atoms. The molecular weight excluding hydrogens is 390 g/mol. The van der Waals surface area contributed by atoms with E-state index in [0.29, 0.717) is 37.8 Å². The van der Waals surface area contributed by atoms with Gasteiger partial charge in [-0.15, -0.1) is 0 Å². The van der Waals surface area contributed by atoms with Gasteiger partial charge in [0.15, 0.2) is 5.96 Å². The summed E-state index contributed by atoms with van der Waals surface area (Å²) >= 11 is 0. The summed E-state index contributed by atoms with van der Waals surface area (Å²) in [4.78, 5) is 7.11. The molecule has 2 fully saturated rings. The molecule has 1 saturated carbocycles. The van der Waals surface area contributed by atoms with Gasteiger partial charge in [-0.2, -0.15) is 4.31 Å². The lowest BCUT2D eigenvalue weighted by Crippen LogP contribution is -2.54. The van der Waals surface area contributed by atoms with E-state index in [2.05, 4.69) is 22.3 Å². The molecule has 1 aliphatic carbocycles. The van der Waals surface area contributed by atoms with Crippen LogP contribution in [0.5, 0.6) is 0 Å². The predicted octanol–water partition coefficient (Wildman–Crippen LogP) is 2.45. The second-order valence-corrected chi connectivity index (χ2v) is 10.0. The molecule has 2 heterocycles. The maximum Gasteiger partial charge on any atom is 0.220 e. The smallest absolute Gasteiger partial charge is 0.220 e. The molecule has 1 saturated heterocycles. The molecule has 164 valence electrons. The van der Waals surface area contributed by atoms with Crippen molar-refractivity contribution in [3.8, 4) is 0 Å². The number of nitrogens with zero attached hydrogens (tertiary/aromatic N) is 4. The van der Waals surface area contributed by atoms with E-state index in [1.807, 2.05) is 0 Å². The Morgan fingerprint density at radius 3 is 2.48 bits per heavy atom. The molecule has 0 radical (unpaired) electrons. The Hall–Kier alpha value is -1.61. The van der Waals surface area contributed by atoms with Crippen molar-refractivity contribution in [2.75, 3.05) is 39.3 Å². The fourth-order valence-corrected chi connectivity index (χ4v) is 5.56. The highest BCUT2D eigenvalue weighted by molar-refractivity contribution is 7.88. The second-order valence-electron chi connectivity index (χ2n) is 8.04. The largest absolute Gasteiger partial charge is 0.364 e. The van der Waals surface area contributed by atoms with Crippen LogP contribution in [-0.2, 0) is 15.8 Å². The van der Waals surface area contributed by atoms with Gasteiger partial charge in [0.05, 0.1) is 5.69 Å². The minimum Gasteiger partial charge on any atom is -0.364 e. The first-order valence-corrected chi connectivity index (χ1v) is 12.6. The average Bonchev–Trinajstić information content (AvgIpc) is 3.18. The third-order valence-corrected chi connectivity index (χ3v) is 7.62. The summed E-state index contributed by atoms with van der Waals surface area (Å²) in [6, 6.07) is 1.60. The van der Waals surface area contributed by atoms with Crippen molar-refractivity contribution in [1.29, 1.82) is 0 Å². The summed E-state index contributed by atoms with van der Waals surface area (Å²) in [5.41, 5.74) is 0.446. The minimum absolute atomic E-state index is 0.112. The van der Waals surface area contributed by atoms with Gasteiger partial charge in [-0.25, -0.2) is 8.42 Å². The van der Waals surface area contributed by atoms with Crippen LogP contribution in [0.25, 0.3) is 0 Å². The Kier molecular flexibility index (Phi) is 8.35. The number of piperazine rings is 1. The third kappa shape index (κ3) is 6.70. The van der Waals surface area contributed by atoms with E-state index >= 15 is 0 Å². The molecule has 29 heavy (non-hydrogen) atoms. The minimum atomic E-state index is -3.38. The molecule has 0 amide bonds. The molecule has 0 atom stereocenters. The Morgan fingerprint density at radius 2 is 1.86 bits per heavy atom. The number of hydrogen-bond donors (Lipinski definition) is 1. The molecular formula is C20H35N5O3S. The van der Waals surface area contributed by atoms with Gasteiger partial charge in [-0.05, 0) is 25.7 Å². The Balaban J connectivity index is 1.54. The highest BCUT2D eigenvalue weighted by atomic mass is 32.2.